The number of benzene rings is 3. The molecule has 3 aliphatic rings. The Labute approximate surface area is 209 Å². The monoisotopic (exact) mass is 479 g/mol. The molecule has 0 bridgehead atoms. The molecule has 5 heteroatoms. The van der Waals surface area contributed by atoms with Gasteiger partial charge in [0.05, 0.1) is 6.04 Å². The Bertz CT molecular complexity index is 1490. The predicted molar refractivity (Wildman–Crippen MR) is 139 cm³/mol. The lowest BCUT2D eigenvalue weighted by atomic mass is 9.78. The number of aromatic nitrogens is 1. The van der Waals surface area contributed by atoms with E-state index in [-0.39, 0.29) is 17.9 Å². The van der Waals surface area contributed by atoms with Crippen molar-refractivity contribution in [3.63, 3.8) is 0 Å². The number of hydrogen-bond acceptors (Lipinski definition) is 2. The fourth-order valence-corrected chi connectivity index (χ4v) is 6.61. The lowest BCUT2D eigenvalue weighted by Gasteiger charge is -2.43. The fourth-order valence-electron chi connectivity index (χ4n) is 6.41. The molecule has 0 unspecified atom stereocenters. The zero-order valence-corrected chi connectivity index (χ0v) is 20.1. The molecule has 0 radical (unpaired) electrons. The number of fused-ring (bicyclic) bond motifs is 6. The topological polar surface area (TPSA) is 39.3 Å². The minimum absolute atomic E-state index is 0.148. The Morgan fingerprint density at radius 1 is 0.971 bits per heavy atom. The van der Waals surface area contributed by atoms with Crippen molar-refractivity contribution < 1.29 is 4.79 Å². The van der Waals surface area contributed by atoms with Crippen molar-refractivity contribution in [3.8, 4) is 0 Å². The van der Waals surface area contributed by atoms with Gasteiger partial charge in [-0.15, -0.1) is 0 Å². The van der Waals surface area contributed by atoms with E-state index in [0.29, 0.717) is 13.1 Å². The molecule has 4 aromatic rings. The summed E-state index contributed by atoms with van der Waals surface area (Å²) in [7, 11) is 0. The van der Waals surface area contributed by atoms with Crippen LogP contribution in [0.5, 0.6) is 0 Å². The average Bonchev–Trinajstić information content (AvgIpc) is 3.42. The van der Waals surface area contributed by atoms with E-state index in [1.54, 1.807) is 0 Å². The number of nitrogens with zero attached hydrogens (tertiary/aromatic N) is 2. The number of H-pyrrole nitrogens is 1. The maximum atomic E-state index is 13.9. The molecule has 35 heavy (non-hydrogen) atoms. The van der Waals surface area contributed by atoms with Gasteiger partial charge in [0.15, 0.2) is 0 Å². The molecule has 174 valence electrons. The fraction of sp³-hybridized carbons (Fsp3) is 0.233. The van der Waals surface area contributed by atoms with E-state index in [9.17, 15) is 4.79 Å². The zero-order valence-electron chi connectivity index (χ0n) is 19.4. The van der Waals surface area contributed by atoms with Crippen molar-refractivity contribution in [2.45, 2.75) is 31.3 Å². The van der Waals surface area contributed by atoms with Gasteiger partial charge in [-0.25, -0.2) is 0 Å². The molecule has 1 amide bonds. The van der Waals surface area contributed by atoms with E-state index in [2.05, 4.69) is 58.4 Å². The first kappa shape index (κ1) is 20.8. The summed E-state index contributed by atoms with van der Waals surface area (Å²) in [6.45, 7) is 2.17. The van der Waals surface area contributed by atoms with Crippen LogP contribution in [0, 0.1) is 0 Å². The van der Waals surface area contributed by atoms with Crippen molar-refractivity contribution in [1.82, 2.24) is 14.8 Å². The Balaban J connectivity index is 1.33. The van der Waals surface area contributed by atoms with Gasteiger partial charge in [0.2, 0.25) is 0 Å². The molecule has 1 aromatic heterocycles. The number of carbonyl (C=O) groups excluding carboxylic acids is 1. The summed E-state index contributed by atoms with van der Waals surface area (Å²) in [6.07, 6.45) is 1.88. The second kappa shape index (κ2) is 8.03. The number of halogens is 1. The largest absolute Gasteiger partial charge is 0.358 e. The van der Waals surface area contributed by atoms with Crippen LogP contribution in [0.3, 0.4) is 0 Å². The van der Waals surface area contributed by atoms with Crippen molar-refractivity contribution in [1.29, 1.82) is 0 Å². The summed E-state index contributed by atoms with van der Waals surface area (Å²) in [6, 6.07) is 27.2. The molecule has 0 saturated carbocycles. The first-order chi connectivity index (χ1) is 17.2. The molecule has 3 aromatic carbocycles. The molecule has 0 saturated heterocycles. The first-order valence-electron chi connectivity index (χ1n) is 12.3. The zero-order chi connectivity index (χ0) is 23.5. The summed E-state index contributed by atoms with van der Waals surface area (Å²) >= 11 is 6.43. The van der Waals surface area contributed by atoms with Crippen LogP contribution in [0.4, 0.5) is 0 Å². The van der Waals surface area contributed by atoms with Crippen LogP contribution in [0.2, 0.25) is 5.02 Å². The number of hydrogen-bond donors (Lipinski definition) is 1. The highest BCUT2D eigenvalue weighted by molar-refractivity contribution is 6.30. The minimum atomic E-state index is 0.148. The second-order valence-electron chi connectivity index (χ2n) is 9.89. The maximum Gasteiger partial charge on any atom is 0.270 e. The van der Waals surface area contributed by atoms with Gasteiger partial charge in [-0.05, 0) is 53.3 Å². The quantitative estimate of drug-likeness (QED) is 0.379. The SMILES string of the molecule is O=C1C2=C(CN1Cc1ccccc1)[C@@H](c1cccc(Cl)c1)C[C@@H]1c3[nH]c4ccccc4c3CCN21. The number of aromatic amines is 1. The summed E-state index contributed by atoms with van der Waals surface area (Å²) in [4.78, 5) is 22.1. The van der Waals surface area contributed by atoms with Crippen molar-refractivity contribution in [3.05, 3.63) is 118 Å². The van der Waals surface area contributed by atoms with Crippen LogP contribution in [-0.4, -0.2) is 33.8 Å². The van der Waals surface area contributed by atoms with Gasteiger partial charge in [-0.3, -0.25) is 4.79 Å². The molecule has 4 heterocycles. The molecular weight excluding hydrogens is 454 g/mol. The molecule has 2 atom stereocenters. The van der Waals surface area contributed by atoms with E-state index < -0.39 is 0 Å². The molecule has 0 fully saturated rings. The van der Waals surface area contributed by atoms with E-state index in [4.69, 9.17) is 11.6 Å². The van der Waals surface area contributed by atoms with Crippen LogP contribution in [-0.2, 0) is 17.8 Å². The standard InChI is InChI=1S/C30H26ClN3O/c31-21-10-6-9-20(15-21)24-16-27-28-23(22-11-4-5-12-26(22)32-28)13-14-34(27)29-25(24)18-33(30(29)35)17-19-7-2-1-3-8-19/h1-12,15,24,27,32H,13-14,16-18H2/t24-,27-/m1/s1. The average molecular weight is 480 g/mol. The molecule has 1 N–H and O–H groups in total. The molecule has 7 rings (SSSR count). The maximum absolute atomic E-state index is 13.9. The van der Waals surface area contributed by atoms with Gasteiger partial charge >= 0.3 is 0 Å². The Kier molecular flexibility index (Phi) is 4.78. The van der Waals surface area contributed by atoms with Gasteiger partial charge in [0, 0.05) is 47.2 Å². The van der Waals surface area contributed by atoms with Crippen LogP contribution >= 0.6 is 11.6 Å². The summed E-state index contributed by atoms with van der Waals surface area (Å²) in [5.74, 6) is 0.312. The predicted octanol–water partition coefficient (Wildman–Crippen LogP) is 6.20. The summed E-state index contributed by atoms with van der Waals surface area (Å²) < 4.78 is 0. The van der Waals surface area contributed by atoms with Gasteiger partial charge in [0.25, 0.3) is 5.91 Å². The first-order valence-corrected chi connectivity index (χ1v) is 12.7. The molecule has 3 aliphatic heterocycles. The minimum Gasteiger partial charge on any atom is -0.358 e. The molecular formula is C30H26ClN3O. The Hall–Kier alpha value is -3.50. The van der Waals surface area contributed by atoms with Gasteiger partial charge in [-0.1, -0.05) is 72.3 Å². The van der Waals surface area contributed by atoms with Gasteiger partial charge < -0.3 is 14.8 Å². The van der Waals surface area contributed by atoms with Crippen molar-refractivity contribution in [2.24, 2.45) is 0 Å². The summed E-state index contributed by atoms with van der Waals surface area (Å²) in [5.41, 5.74) is 8.36. The lowest BCUT2D eigenvalue weighted by molar-refractivity contribution is -0.127. The third-order valence-electron chi connectivity index (χ3n) is 7.95. The third-order valence-corrected chi connectivity index (χ3v) is 8.18. The highest BCUT2D eigenvalue weighted by Crippen LogP contribution is 2.50. The van der Waals surface area contributed by atoms with Crippen LogP contribution in [0.1, 0.15) is 40.8 Å². The Morgan fingerprint density at radius 3 is 2.66 bits per heavy atom. The Morgan fingerprint density at radius 2 is 1.80 bits per heavy atom. The number of amides is 1. The number of nitrogens with one attached hydrogen (secondary N) is 1. The molecule has 4 nitrogen and oxygen atoms in total. The number of rotatable bonds is 3. The van der Waals surface area contributed by atoms with Crippen LogP contribution in [0.25, 0.3) is 10.9 Å². The van der Waals surface area contributed by atoms with Crippen LogP contribution in [0.15, 0.2) is 90.1 Å². The van der Waals surface area contributed by atoms with E-state index >= 15 is 0 Å². The van der Waals surface area contributed by atoms with E-state index in [0.717, 1.165) is 35.7 Å². The van der Waals surface area contributed by atoms with Crippen molar-refractivity contribution in [2.75, 3.05) is 13.1 Å². The smallest absolute Gasteiger partial charge is 0.270 e. The van der Waals surface area contributed by atoms with Gasteiger partial charge in [0.1, 0.15) is 5.70 Å². The molecule has 0 aliphatic carbocycles. The molecule has 0 spiro atoms. The number of para-hydroxylation sites is 1. The lowest BCUT2D eigenvalue weighted by Crippen LogP contribution is -2.41. The number of carbonyl (C=O) groups is 1. The normalized spacial score (nSPS) is 21.3. The van der Waals surface area contributed by atoms with E-state index in [1.165, 1.54) is 33.3 Å². The van der Waals surface area contributed by atoms with E-state index in [1.807, 2.05) is 35.2 Å². The second-order valence-corrected chi connectivity index (χ2v) is 10.3. The summed E-state index contributed by atoms with van der Waals surface area (Å²) in [5, 5.41) is 2.05. The van der Waals surface area contributed by atoms with Crippen molar-refractivity contribution >= 4 is 28.4 Å². The third kappa shape index (κ3) is 3.31. The highest BCUT2D eigenvalue weighted by Gasteiger charge is 2.46. The highest BCUT2D eigenvalue weighted by atomic mass is 35.5. The van der Waals surface area contributed by atoms with Gasteiger partial charge in [-0.2, -0.15) is 0 Å². The van der Waals surface area contributed by atoms with Crippen LogP contribution < -0.4 is 0 Å².